The molecule has 0 saturated heterocycles. The molecule has 0 amide bonds. The largest absolute Gasteiger partial charge is 0.317 e. The van der Waals surface area contributed by atoms with Gasteiger partial charge in [0.2, 0.25) is 0 Å². The smallest absolute Gasteiger partial charge is 0.301 e. The summed E-state index contributed by atoms with van der Waals surface area (Å²) in [7, 11) is 0. The van der Waals surface area contributed by atoms with Crippen molar-refractivity contribution in [2.75, 3.05) is 19.7 Å². The number of hydrogen-bond donors (Lipinski definition) is 2. The molecular weight excluding hydrogens is 274 g/mol. The lowest BCUT2D eigenvalue weighted by molar-refractivity contribution is -0.0567. The topological polar surface area (TPSA) is 58.6 Å². The maximum absolute atomic E-state index is 10.3. The second kappa shape index (κ2) is 6.42. The molecule has 1 unspecified atom stereocenters. The molecule has 0 spiro atoms. The van der Waals surface area contributed by atoms with Crippen molar-refractivity contribution in [3.05, 3.63) is 0 Å². The van der Waals surface area contributed by atoms with Crippen molar-refractivity contribution in [2.24, 2.45) is 23.2 Å². The van der Waals surface area contributed by atoms with E-state index in [1.807, 2.05) is 0 Å². The van der Waals surface area contributed by atoms with Crippen LogP contribution in [0.3, 0.4) is 0 Å². The van der Waals surface area contributed by atoms with Crippen LogP contribution >= 0.6 is 0 Å². The minimum atomic E-state index is -2.11. The third-order valence-electron chi connectivity index (χ3n) is 5.68. The van der Waals surface area contributed by atoms with Gasteiger partial charge in [-0.05, 0) is 87.6 Å². The van der Waals surface area contributed by atoms with Crippen molar-refractivity contribution in [3.8, 4) is 0 Å². The third kappa shape index (κ3) is 3.62. The van der Waals surface area contributed by atoms with Crippen LogP contribution in [0.2, 0.25) is 0 Å². The van der Waals surface area contributed by atoms with E-state index in [9.17, 15) is 4.21 Å². The summed E-state index contributed by atoms with van der Waals surface area (Å²) in [6, 6.07) is 0. The molecule has 4 fully saturated rings. The van der Waals surface area contributed by atoms with Crippen LogP contribution in [0.25, 0.3) is 0 Å². The van der Waals surface area contributed by atoms with Gasteiger partial charge in [-0.1, -0.05) is 0 Å². The highest BCUT2D eigenvalue weighted by Gasteiger charge is 2.50. The summed E-state index contributed by atoms with van der Waals surface area (Å²) in [6.07, 6.45) is 11.1. The van der Waals surface area contributed by atoms with Crippen molar-refractivity contribution in [1.29, 1.82) is 0 Å². The van der Waals surface area contributed by atoms with Gasteiger partial charge in [0, 0.05) is 0 Å². The van der Waals surface area contributed by atoms with E-state index < -0.39 is 11.4 Å². The Balaban J connectivity index is 1.33. The van der Waals surface area contributed by atoms with E-state index in [1.54, 1.807) is 0 Å². The van der Waals surface area contributed by atoms with Gasteiger partial charge in [-0.25, -0.2) is 0 Å². The summed E-state index contributed by atoms with van der Waals surface area (Å²) in [4.78, 5) is 0. The monoisotopic (exact) mass is 301 g/mol. The molecule has 4 aliphatic rings. The van der Waals surface area contributed by atoms with Crippen LogP contribution in [0.5, 0.6) is 0 Å². The Kier molecular flexibility index (Phi) is 4.80. The molecule has 4 nitrogen and oxygen atoms in total. The molecule has 1 atom stereocenters. The van der Waals surface area contributed by atoms with E-state index in [2.05, 4.69) is 9.50 Å². The molecule has 2 N–H and O–H groups in total. The standard InChI is InChI=1S/C15H27NO3S/c17-20(18)19-5-1-3-16-4-2-15-9-12-6-13(10-15)8-14(7-12)11-15/h12-14,16H,1-11H2,(H,17,18). The predicted octanol–water partition coefficient (Wildman–Crippen LogP) is 2.73. The molecule has 0 aromatic heterocycles. The van der Waals surface area contributed by atoms with Gasteiger partial charge in [0.15, 0.2) is 0 Å². The summed E-state index contributed by atoms with van der Waals surface area (Å²) >= 11 is -2.11. The zero-order valence-corrected chi connectivity index (χ0v) is 13.0. The molecule has 4 bridgehead atoms. The Bertz CT molecular complexity index is 326. The number of nitrogens with one attached hydrogen (secondary N) is 1. The summed E-state index contributed by atoms with van der Waals surface area (Å²) in [6.45, 7) is 2.32. The van der Waals surface area contributed by atoms with Gasteiger partial charge in [-0.15, -0.1) is 0 Å². The Morgan fingerprint density at radius 2 is 1.70 bits per heavy atom. The summed E-state index contributed by atoms with van der Waals surface area (Å²) in [5, 5.41) is 3.47. The van der Waals surface area contributed by atoms with Gasteiger partial charge in [0.25, 0.3) is 0 Å². The molecule has 4 saturated carbocycles. The second-order valence-corrected chi connectivity index (χ2v) is 7.98. The maximum Gasteiger partial charge on any atom is 0.301 e. The van der Waals surface area contributed by atoms with Crippen LogP contribution in [0, 0.1) is 23.2 Å². The van der Waals surface area contributed by atoms with E-state index in [1.165, 1.54) is 44.9 Å². The van der Waals surface area contributed by atoms with Crippen molar-refractivity contribution < 1.29 is 12.9 Å². The molecule has 20 heavy (non-hydrogen) atoms. The van der Waals surface area contributed by atoms with Crippen molar-refractivity contribution in [3.63, 3.8) is 0 Å². The molecule has 4 rings (SSSR count). The lowest BCUT2D eigenvalue weighted by Gasteiger charge is -2.57. The SMILES string of the molecule is O=S(O)OCCCNCCC12CC3CC(CC(C3)C1)C2. The van der Waals surface area contributed by atoms with Crippen molar-refractivity contribution in [1.82, 2.24) is 5.32 Å². The molecule has 0 aromatic rings. The third-order valence-corrected chi connectivity index (χ3v) is 6.05. The van der Waals surface area contributed by atoms with Gasteiger partial charge < -0.3 is 5.32 Å². The van der Waals surface area contributed by atoms with E-state index in [0.29, 0.717) is 12.0 Å². The highest BCUT2D eigenvalue weighted by Crippen LogP contribution is 2.61. The molecule has 5 heteroatoms. The van der Waals surface area contributed by atoms with Crippen LogP contribution in [0.4, 0.5) is 0 Å². The number of hydrogen-bond acceptors (Lipinski definition) is 3. The van der Waals surface area contributed by atoms with Crippen LogP contribution in [0.1, 0.15) is 51.4 Å². The quantitative estimate of drug-likeness (QED) is 0.534. The minimum Gasteiger partial charge on any atom is -0.317 e. The first-order chi connectivity index (χ1) is 9.65. The first-order valence-corrected chi connectivity index (χ1v) is 9.13. The van der Waals surface area contributed by atoms with Crippen LogP contribution in [-0.4, -0.2) is 28.5 Å². The zero-order valence-electron chi connectivity index (χ0n) is 12.2. The lowest BCUT2D eigenvalue weighted by atomic mass is 9.49. The number of rotatable bonds is 8. The Hall–Kier alpha value is 0.0300. The summed E-state index contributed by atoms with van der Waals surface area (Å²) in [5.74, 6) is 3.11. The van der Waals surface area contributed by atoms with E-state index >= 15 is 0 Å². The zero-order chi connectivity index (χ0) is 14.0. The van der Waals surface area contributed by atoms with E-state index in [0.717, 1.165) is 37.3 Å². The second-order valence-electron chi connectivity index (χ2n) is 7.31. The van der Waals surface area contributed by atoms with Gasteiger partial charge in [-0.2, -0.15) is 4.21 Å². The van der Waals surface area contributed by atoms with Crippen LogP contribution < -0.4 is 5.32 Å². The molecule has 0 aliphatic heterocycles. The van der Waals surface area contributed by atoms with Gasteiger partial charge in [-0.3, -0.25) is 8.74 Å². The van der Waals surface area contributed by atoms with Crippen LogP contribution in [0.15, 0.2) is 0 Å². The Morgan fingerprint density at radius 3 is 2.25 bits per heavy atom. The average Bonchev–Trinajstić information content (AvgIpc) is 2.35. The molecule has 116 valence electrons. The summed E-state index contributed by atoms with van der Waals surface area (Å²) in [5.41, 5.74) is 0.658. The van der Waals surface area contributed by atoms with Gasteiger partial charge in [0.1, 0.15) is 0 Å². The predicted molar refractivity (Wildman–Crippen MR) is 79.4 cm³/mol. The van der Waals surface area contributed by atoms with Crippen molar-refractivity contribution >= 4 is 11.4 Å². The Labute approximate surface area is 124 Å². The van der Waals surface area contributed by atoms with Crippen LogP contribution in [-0.2, 0) is 15.5 Å². The fourth-order valence-electron chi connectivity index (χ4n) is 5.40. The fraction of sp³-hybridized carbons (Fsp3) is 1.00. The van der Waals surface area contributed by atoms with E-state index in [-0.39, 0.29) is 0 Å². The molecule has 0 aromatic carbocycles. The lowest BCUT2D eigenvalue weighted by Crippen LogP contribution is -2.47. The molecule has 0 radical (unpaired) electrons. The van der Waals surface area contributed by atoms with Gasteiger partial charge in [0.05, 0.1) is 6.61 Å². The van der Waals surface area contributed by atoms with Gasteiger partial charge >= 0.3 is 11.4 Å². The van der Waals surface area contributed by atoms with E-state index in [4.69, 9.17) is 4.55 Å². The van der Waals surface area contributed by atoms with Crippen molar-refractivity contribution in [2.45, 2.75) is 51.4 Å². The highest BCUT2D eigenvalue weighted by atomic mass is 32.2. The maximum atomic E-state index is 10.3. The normalized spacial score (nSPS) is 40.1. The fourth-order valence-corrected chi connectivity index (χ4v) is 5.66. The first kappa shape index (κ1) is 14.9. The molecular formula is C15H27NO3S. The highest BCUT2D eigenvalue weighted by molar-refractivity contribution is 7.74. The minimum absolute atomic E-state index is 0.355. The average molecular weight is 301 g/mol. The summed E-state index contributed by atoms with van der Waals surface area (Å²) < 4.78 is 23.4. The molecule has 0 heterocycles. The molecule has 4 aliphatic carbocycles. The first-order valence-electron chi connectivity index (χ1n) is 8.10. The Morgan fingerprint density at radius 1 is 1.10 bits per heavy atom.